The van der Waals surface area contributed by atoms with Crippen LogP contribution in [0.2, 0.25) is 5.02 Å². The Morgan fingerprint density at radius 2 is 1.95 bits per heavy atom. The zero-order valence-electron chi connectivity index (χ0n) is 21.2. The number of aliphatic hydroxyl groups is 1. The first-order valence-corrected chi connectivity index (χ1v) is 12.8. The first kappa shape index (κ1) is 27.2. The highest BCUT2D eigenvalue weighted by atomic mass is 35.5. The van der Waals surface area contributed by atoms with Gasteiger partial charge in [0.15, 0.2) is 11.6 Å². The van der Waals surface area contributed by atoms with Crippen LogP contribution in [-0.2, 0) is 16.1 Å². The van der Waals surface area contributed by atoms with Gasteiger partial charge in [-0.2, -0.15) is 0 Å². The van der Waals surface area contributed by atoms with Crippen LogP contribution in [0.15, 0.2) is 90.4 Å². The predicted octanol–water partition coefficient (Wildman–Crippen LogP) is 5.26. The van der Waals surface area contributed by atoms with E-state index in [2.05, 4.69) is 11.9 Å². The number of ether oxygens (including phenoxy) is 3. The number of benzene rings is 3. The number of nitrogens with one attached hydrogen (secondary N) is 1. The molecule has 0 aromatic heterocycles. The van der Waals surface area contributed by atoms with Crippen molar-refractivity contribution in [2.45, 2.75) is 31.0 Å². The number of methoxy groups -OCH3 is 1. The van der Waals surface area contributed by atoms with E-state index in [9.17, 15) is 4.79 Å². The summed E-state index contributed by atoms with van der Waals surface area (Å²) in [7, 11) is 1.59. The Morgan fingerprint density at radius 3 is 2.66 bits per heavy atom. The highest BCUT2D eigenvalue weighted by Gasteiger charge is 2.52. The number of hydrogen-bond donors (Lipinski definition) is 2. The number of halogens is 1. The van der Waals surface area contributed by atoms with E-state index in [4.69, 9.17) is 35.9 Å². The maximum Gasteiger partial charge on any atom is 0.252 e. The van der Waals surface area contributed by atoms with Crippen LogP contribution in [0.25, 0.3) is 0 Å². The third-order valence-electron chi connectivity index (χ3n) is 6.28. The molecule has 2 N–H and O–H groups in total. The molecule has 1 aliphatic heterocycles. The minimum absolute atomic E-state index is 0.0678. The Morgan fingerprint density at radius 1 is 1.16 bits per heavy atom. The summed E-state index contributed by atoms with van der Waals surface area (Å²) in [5.41, 5.74) is 0.953. The van der Waals surface area contributed by atoms with Gasteiger partial charge >= 0.3 is 0 Å². The van der Waals surface area contributed by atoms with Gasteiger partial charge in [-0.15, -0.1) is 6.58 Å². The van der Waals surface area contributed by atoms with Gasteiger partial charge in [0.2, 0.25) is 5.90 Å². The number of aliphatic hydroxyl groups excluding tert-OH is 1. The summed E-state index contributed by atoms with van der Waals surface area (Å²) in [5.74, 6) is 1.35. The van der Waals surface area contributed by atoms with Crippen LogP contribution in [-0.4, -0.2) is 42.8 Å². The predicted molar refractivity (Wildman–Crippen MR) is 148 cm³/mol. The van der Waals surface area contributed by atoms with E-state index in [-0.39, 0.29) is 25.5 Å². The molecular formula is C30H31ClN2O5. The quantitative estimate of drug-likeness (QED) is 0.244. The Labute approximate surface area is 227 Å². The highest BCUT2D eigenvalue weighted by Crippen LogP contribution is 2.43. The average Bonchev–Trinajstić information content (AvgIpc) is 3.34. The van der Waals surface area contributed by atoms with Crippen LogP contribution in [0, 0.1) is 0 Å². The molecule has 38 heavy (non-hydrogen) atoms. The third kappa shape index (κ3) is 6.01. The molecule has 0 saturated carbocycles. The van der Waals surface area contributed by atoms with E-state index in [1.807, 2.05) is 66.7 Å². The molecule has 2 atom stereocenters. The molecule has 1 aliphatic rings. The van der Waals surface area contributed by atoms with Crippen LogP contribution >= 0.6 is 11.6 Å². The summed E-state index contributed by atoms with van der Waals surface area (Å²) in [6.45, 7) is 4.63. The normalized spacial score (nSPS) is 18.3. The second kappa shape index (κ2) is 12.6. The maximum absolute atomic E-state index is 13.9. The standard InChI is InChI=1S/C30H31ClN2O5/c1-3-16-30(29(35)32-20-23-8-4-5-11-26(23)31)27(22-9-6-10-25(19-22)36-2)38-28(33-30)21-12-14-24(15-13-21)37-18-7-17-34/h3-6,8-15,19,27,34H,1,7,16-18,20H2,2H3,(H,32,35)/t27-,30-/m1/s1. The van der Waals surface area contributed by atoms with E-state index in [0.29, 0.717) is 41.0 Å². The molecule has 0 saturated heterocycles. The zero-order chi connectivity index (χ0) is 27.0. The van der Waals surface area contributed by atoms with E-state index in [0.717, 1.165) is 11.1 Å². The summed E-state index contributed by atoms with van der Waals surface area (Å²) in [6, 6.07) is 22.1. The van der Waals surface area contributed by atoms with Crippen molar-refractivity contribution in [3.63, 3.8) is 0 Å². The van der Waals surface area contributed by atoms with Crippen molar-refractivity contribution in [3.05, 3.63) is 107 Å². The Bertz CT molecular complexity index is 1290. The van der Waals surface area contributed by atoms with Crippen LogP contribution in [0.1, 0.15) is 35.6 Å². The van der Waals surface area contributed by atoms with Gasteiger partial charge in [-0.25, -0.2) is 4.99 Å². The van der Waals surface area contributed by atoms with Crippen molar-refractivity contribution in [2.75, 3.05) is 20.3 Å². The lowest BCUT2D eigenvalue weighted by molar-refractivity contribution is -0.129. The maximum atomic E-state index is 13.9. The molecule has 4 rings (SSSR count). The van der Waals surface area contributed by atoms with Crippen LogP contribution in [0.5, 0.6) is 11.5 Å². The lowest BCUT2D eigenvalue weighted by atomic mass is 9.84. The number of carbonyl (C=O) groups excluding carboxylic acids is 1. The van der Waals surface area contributed by atoms with Crippen LogP contribution < -0.4 is 14.8 Å². The molecule has 0 aliphatic carbocycles. The van der Waals surface area contributed by atoms with Crippen molar-refractivity contribution < 1.29 is 24.1 Å². The molecule has 7 nitrogen and oxygen atoms in total. The van der Waals surface area contributed by atoms with Gasteiger partial charge in [0, 0.05) is 36.6 Å². The number of hydrogen-bond acceptors (Lipinski definition) is 6. The number of carbonyl (C=O) groups is 1. The van der Waals surface area contributed by atoms with Crippen molar-refractivity contribution in [2.24, 2.45) is 4.99 Å². The number of amides is 1. The molecule has 0 radical (unpaired) electrons. The average molecular weight is 535 g/mol. The van der Waals surface area contributed by atoms with Crippen LogP contribution in [0.3, 0.4) is 0 Å². The summed E-state index contributed by atoms with van der Waals surface area (Å²) < 4.78 is 17.5. The van der Waals surface area contributed by atoms with Crippen molar-refractivity contribution in [1.82, 2.24) is 5.32 Å². The molecule has 3 aromatic carbocycles. The molecule has 0 bridgehead atoms. The van der Waals surface area contributed by atoms with Crippen molar-refractivity contribution in [1.29, 1.82) is 0 Å². The second-order valence-corrected chi connectivity index (χ2v) is 9.24. The lowest BCUT2D eigenvalue weighted by Gasteiger charge is -2.30. The highest BCUT2D eigenvalue weighted by molar-refractivity contribution is 6.31. The van der Waals surface area contributed by atoms with Crippen molar-refractivity contribution >= 4 is 23.4 Å². The SMILES string of the molecule is C=CC[C@@]1(C(=O)NCc2ccccc2Cl)N=C(c2ccc(OCCCO)cc2)O[C@@H]1c1cccc(OC)c1. The summed E-state index contributed by atoms with van der Waals surface area (Å²) >= 11 is 6.32. The molecule has 1 amide bonds. The zero-order valence-corrected chi connectivity index (χ0v) is 22.0. The van der Waals surface area contributed by atoms with Gasteiger partial charge in [-0.1, -0.05) is 48.0 Å². The topological polar surface area (TPSA) is 89.4 Å². The lowest BCUT2D eigenvalue weighted by Crippen LogP contribution is -2.47. The smallest absolute Gasteiger partial charge is 0.252 e. The van der Waals surface area contributed by atoms with Crippen LogP contribution in [0.4, 0.5) is 0 Å². The van der Waals surface area contributed by atoms with E-state index >= 15 is 0 Å². The number of aliphatic imine (C=N–C) groups is 1. The first-order chi connectivity index (χ1) is 18.5. The number of nitrogens with zero attached hydrogens (tertiary/aromatic N) is 1. The molecule has 0 unspecified atom stereocenters. The minimum atomic E-state index is -1.30. The first-order valence-electron chi connectivity index (χ1n) is 12.4. The Kier molecular flexibility index (Phi) is 9.05. The van der Waals surface area contributed by atoms with E-state index in [1.54, 1.807) is 19.3 Å². The van der Waals surface area contributed by atoms with Gasteiger partial charge in [0.05, 0.1) is 13.7 Å². The summed E-state index contributed by atoms with van der Waals surface area (Å²) in [5, 5.41) is 12.6. The molecule has 0 fully saturated rings. The Balaban J connectivity index is 1.69. The molecule has 8 heteroatoms. The van der Waals surface area contributed by atoms with Gasteiger partial charge in [-0.3, -0.25) is 4.79 Å². The summed E-state index contributed by atoms with van der Waals surface area (Å²) in [6.07, 6.45) is 1.75. The van der Waals surface area contributed by atoms with Gasteiger partial charge in [0.1, 0.15) is 11.5 Å². The fourth-order valence-electron chi connectivity index (χ4n) is 4.31. The van der Waals surface area contributed by atoms with Crippen molar-refractivity contribution in [3.8, 4) is 11.5 Å². The summed E-state index contributed by atoms with van der Waals surface area (Å²) in [4.78, 5) is 18.8. The number of rotatable bonds is 12. The fraction of sp³-hybridized carbons (Fsp3) is 0.267. The molecule has 1 heterocycles. The molecule has 198 valence electrons. The largest absolute Gasteiger partial charge is 0.497 e. The monoisotopic (exact) mass is 534 g/mol. The fourth-order valence-corrected chi connectivity index (χ4v) is 4.51. The minimum Gasteiger partial charge on any atom is -0.497 e. The Hall–Kier alpha value is -3.81. The molecule has 0 spiro atoms. The second-order valence-electron chi connectivity index (χ2n) is 8.83. The van der Waals surface area contributed by atoms with Gasteiger partial charge in [0.25, 0.3) is 5.91 Å². The molecule has 3 aromatic rings. The third-order valence-corrected chi connectivity index (χ3v) is 6.65. The van der Waals surface area contributed by atoms with Gasteiger partial charge in [-0.05, 0) is 53.6 Å². The van der Waals surface area contributed by atoms with E-state index in [1.165, 1.54) is 0 Å². The van der Waals surface area contributed by atoms with Gasteiger partial charge < -0.3 is 24.6 Å². The molecular weight excluding hydrogens is 504 g/mol. The van der Waals surface area contributed by atoms with E-state index < -0.39 is 11.6 Å².